The molecule has 1 aromatic carbocycles. The lowest BCUT2D eigenvalue weighted by molar-refractivity contribution is 0.0952. The third kappa shape index (κ3) is 4.71. The van der Waals surface area contributed by atoms with Gasteiger partial charge in [0.25, 0.3) is 5.91 Å². The quantitative estimate of drug-likeness (QED) is 0.711. The van der Waals surface area contributed by atoms with Crippen LogP contribution in [0.25, 0.3) is 0 Å². The zero-order valence-electron chi connectivity index (χ0n) is 14.1. The van der Waals surface area contributed by atoms with E-state index in [2.05, 4.69) is 12.2 Å². The fourth-order valence-corrected chi connectivity index (χ4v) is 4.78. The molecule has 134 valence electrons. The number of hydrogen-bond donors (Lipinski definition) is 1. The van der Waals surface area contributed by atoms with E-state index in [0.29, 0.717) is 25.2 Å². The maximum absolute atomic E-state index is 12.7. The molecular weight excluding hydrogens is 348 g/mol. The summed E-state index contributed by atoms with van der Waals surface area (Å²) in [6.45, 7) is 3.74. The van der Waals surface area contributed by atoms with Gasteiger partial charge in [0.1, 0.15) is 4.90 Å². The summed E-state index contributed by atoms with van der Waals surface area (Å²) in [5, 5.41) is 2.99. The molecule has 7 heteroatoms. The Morgan fingerprint density at radius 2 is 1.92 bits per heavy atom. The average Bonchev–Trinajstić information content (AvgIpc) is 3.10. The van der Waals surface area contributed by atoms with E-state index < -0.39 is 10.0 Å². The molecule has 1 saturated heterocycles. The van der Waals surface area contributed by atoms with Gasteiger partial charge in [0.05, 0.1) is 5.02 Å². The van der Waals surface area contributed by atoms with Crippen molar-refractivity contribution in [2.75, 3.05) is 19.6 Å². The van der Waals surface area contributed by atoms with Gasteiger partial charge < -0.3 is 5.32 Å². The van der Waals surface area contributed by atoms with Gasteiger partial charge in [-0.1, -0.05) is 37.8 Å². The number of nitrogens with one attached hydrogen (secondary N) is 1. The molecule has 0 unspecified atom stereocenters. The lowest BCUT2D eigenvalue weighted by Crippen LogP contribution is -2.29. The van der Waals surface area contributed by atoms with Gasteiger partial charge in [0.15, 0.2) is 0 Å². The normalized spacial score (nSPS) is 15.6. The predicted molar refractivity (Wildman–Crippen MR) is 95.9 cm³/mol. The summed E-state index contributed by atoms with van der Waals surface area (Å²) in [6, 6.07) is 4.43. The number of sulfonamides is 1. The fraction of sp³-hybridized carbons (Fsp3) is 0.588. The van der Waals surface area contributed by atoms with Crippen LogP contribution in [0.4, 0.5) is 0 Å². The minimum Gasteiger partial charge on any atom is -0.352 e. The Bertz CT molecular complexity index is 670. The van der Waals surface area contributed by atoms with Crippen LogP contribution in [0.15, 0.2) is 23.1 Å². The van der Waals surface area contributed by atoms with Crippen molar-refractivity contribution in [2.24, 2.45) is 0 Å². The highest BCUT2D eigenvalue weighted by Gasteiger charge is 2.29. The number of unbranched alkanes of at least 4 members (excludes halogenated alkanes) is 3. The largest absolute Gasteiger partial charge is 0.352 e. The molecule has 0 bridgehead atoms. The Morgan fingerprint density at radius 3 is 2.58 bits per heavy atom. The zero-order valence-corrected chi connectivity index (χ0v) is 15.6. The summed E-state index contributed by atoms with van der Waals surface area (Å²) in [4.78, 5) is 12.2. The first-order chi connectivity index (χ1) is 11.5. The Morgan fingerprint density at radius 1 is 1.21 bits per heavy atom. The number of rotatable bonds is 8. The van der Waals surface area contributed by atoms with Crippen molar-refractivity contribution in [1.29, 1.82) is 0 Å². The lowest BCUT2D eigenvalue weighted by atomic mass is 10.2. The Labute approximate surface area is 149 Å². The molecule has 5 nitrogen and oxygen atoms in total. The molecule has 1 amide bonds. The van der Waals surface area contributed by atoms with Crippen LogP contribution in [0.1, 0.15) is 55.8 Å². The SMILES string of the molecule is CCCCCCNC(=O)c1ccc(Cl)c(S(=O)(=O)N2CCCC2)c1. The van der Waals surface area contributed by atoms with Crippen LogP contribution in [0, 0.1) is 0 Å². The highest BCUT2D eigenvalue weighted by molar-refractivity contribution is 7.89. The number of carbonyl (C=O) groups is 1. The second-order valence-electron chi connectivity index (χ2n) is 6.07. The number of nitrogens with zero attached hydrogens (tertiary/aromatic N) is 1. The molecule has 0 aromatic heterocycles. The summed E-state index contributed by atoms with van der Waals surface area (Å²) in [7, 11) is -3.64. The number of amides is 1. The second kappa shape index (κ2) is 8.83. The van der Waals surface area contributed by atoms with Gasteiger partial charge in [0, 0.05) is 25.2 Å². The second-order valence-corrected chi connectivity index (χ2v) is 8.39. The molecule has 0 radical (unpaired) electrons. The zero-order chi connectivity index (χ0) is 17.6. The first kappa shape index (κ1) is 19.2. The molecule has 1 aromatic rings. The van der Waals surface area contributed by atoms with Gasteiger partial charge in [-0.05, 0) is 37.5 Å². The van der Waals surface area contributed by atoms with Crippen LogP contribution in [0.2, 0.25) is 5.02 Å². The Balaban J connectivity index is 2.09. The Hall–Kier alpha value is -1.11. The van der Waals surface area contributed by atoms with E-state index in [-0.39, 0.29) is 15.8 Å². The van der Waals surface area contributed by atoms with Crippen molar-refractivity contribution in [1.82, 2.24) is 9.62 Å². The highest BCUT2D eigenvalue weighted by Crippen LogP contribution is 2.28. The van der Waals surface area contributed by atoms with Gasteiger partial charge in [-0.2, -0.15) is 4.31 Å². The van der Waals surface area contributed by atoms with Crippen molar-refractivity contribution in [3.8, 4) is 0 Å². The van der Waals surface area contributed by atoms with E-state index in [1.807, 2.05) is 0 Å². The molecule has 24 heavy (non-hydrogen) atoms. The maximum atomic E-state index is 12.7. The standard InChI is InChI=1S/C17H25ClN2O3S/c1-2-3-4-5-10-19-17(21)14-8-9-15(18)16(13-14)24(22,23)20-11-6-7-12-20/h8-9,13H,2-7,10-12H2,1H3,(H,19,21). The van der Waals surface area contributed by atoms with Gasteiger partial charge >= 0.3 is 0 Å². The molecule has 0 spiro atoms. The van der Waals surface area contributed by atoms with Crippen molar-refractivity contribution in [3.05, 3.63) is 28.8 Å². The van der Waals surface area contributed by atoms with E-state index >= 15 is 0 Å². The van der Waals surface area contributed by atoms with E-state index in [9.17, 15) is 13.2 Å². The van der Waals surface area contributed by atoms with Crippen molar-refractivity contribution >= 4 is 27.5 Å². The summed E-state index contributed by atoms with van der Waals surface area (Å²) < 4.78 is 26.8. The molecule has 1 heterocycles. The molecule has 1 N–H and O–H groups in total. The van der Waals surface area contributed by atoms with Crippen LogP contribution < -0.4 is 5.32 Å². The van der Waals surface area contributed by atoms with Crippen LogP contribution >= 0.6 is 11.6 Å². The number of hydrogen-bond acceptors (Lipinski definition) is 3. The third-order valence-electron chi connectivity index (χ3n) is 4.19. The van der Waals surface area contributed by atoms with Crippen LogP contribution in [0.3, 0.4) is 0 Å². The molecule has 2 rings (SSSR count). The Kier molecular flexibility index (Phi) is 7.07. The molecule has 1 aliphatic heterocycles. The predicted octanol–water partition coefficient (Wildman–Crippen LogP) is 3.43. The van der Waals surface area contributed by atoms with Crippen LogP contribution in [0.5, 0.6) is 0 Å². The molecule has 1 aliphatic rings. The van der Waals surface area contributed by atoms with E-state index in [1.165, 1.54) is 16.4 Å². The minimum atomic E-state index is -3.64. The first-order valence-electron chi connectivity index (χ1n) is 8.54. The fourth-order valence-electron chi connectivity index (χ4n) is 2.77. The van der Waals surface area contributed by atoms with Gasteiger partial charge in [0.2, 0.25) is 10.0 Å². The van der Waals surface area contributed by atoms with E-state index in [0.717, 1.165) is 38.5 Å². The summed E-state index contributed by atoms with van der Waals surface area (Å²) >= 11 is 6.09. The summed E-state index contributed by atoms with van der Waals surface area (Å²) in [6.07, 6.45) is 6.00. The van der Waals surface area contributed by atoms with Crippen molar-refractivity contribution in [2.45, 2.75) is 50.3 Å². The molecular formula is C17H25ClN2O3S. The summed E-state index contributed by atoms with van der Waals surface area (Å²) in [5.74, 6) is -0.263. The number of halogens is 1. The summed E-state index contributed by atoms with van der Waals surface area (Å²) in [5.41, 5.74) is 0.327. The van der Waals surface area contributed by atoms with Crippen LogP contribution in [-0.2, 0) is 10.0 Å². The van der Waals surface area contributed by atoms with Crippen molar-refractivity contribution in [3.63, 3.8) is 0 Å². The van der Waals surface area contributed by atoms with Gasteiger partial charge in [-0.3, -0.25) is 4.79 Å². The molecule has 1 fully saturated rings. The van der Waals surface area contributed by atoms with Crippen LogP contribution in [-0.4, -0.2) is 38.3 Å². The smallest absolute Gasteiger partial charge is 0.251 e. The lowest BCUT2D eigenvalue weighted by Gasteiger charge is -2.17. The van der Waals surface area contributed by atoms with Gasteiger partial charge in [-0.15, -0.1) is 0 Å². The van der Waals surface area contributed by atoms with Gasteiger partial charge in [-0.25, -0.2) is 8.42 Å². The van der Waals surface area contributed by atoms with Crippen molar-refractivity contribution < 1.29 is 13.2 Å². The topological polar surface area (TPSA) is 66.5 Å². The average molecular weight is 373 g/mol. The van der Waals surface area contributed by atoms with E-state index in [4.69, 9.17) is 11.6 Å². The molecule has 0 aliphatic carbocycles. The molecule has 0 atom stereocenters. The number of carbonyl (C=O) groups excluding carboxylic acids is 1. The number of benzene rings is 1. The minimum absolute atomic E-state index is 0.0182. The van der Waals surface area contributed by atoms with E-state index in [1.54, 1.807) is 6.07 Å². The highest BCUT2D eigenvalue weighted by atomic mass is 35.5. The third-order valence-corrected chi connectivity index (χ3v) is 6.57. The molecule has 0 saturated carbocycles. The maximum Gasteiger partial charge on any atom is 0.251 e. The monoisotopic (exact) mass is 372 g/mol. The first-order valence-corrected chi connectivity index (χ1v) is 10.4.